The first-order chi connectivity index (χ1) is 17.9. The number of nitrogens with one attached hydrogen (secondary N) is 1. The van der Waals surface area contributed by atoms with Crippen LogP contribution in [0.5, 0.6) is 5.75 Å². The molecule has 3 aromatic rings. The summed E-state index contributed by atoms with van der Waals surface area (Å²) in [5, 5.41) is 26.4. The molecule has 0 radical (unpaired) electrons. The normalized spacial score (nSPS) is 12.0. The highest BCUT2D eigenvalue weighted by molar-refractivity contribution is 5.98. The van der Waals surface area contributed by atoms with Crippen LogP contribution >= 0.6 is 0 Å². The SMILES string of the molecule is CCCCCCCCCCCCn1nnc(C(C(=O)Nc2cc(C)c(O)c(C)c2C)c2ccccc2)n1. The summed E-state index contributed by atoms with van der Waals surface area (Å²) < 4.78 is 0. The van der Waals surface area contributed by atoms with E-state index in [0.29, 0.717) is 18.1 Å². The molecule has 1 heterocycles. The van der Waals surface area contributed by atoms with E-state index in [4.69, 9.17) is 0 Å². The van der Waals surface area contributed by atoms with E-state index in [1.165, 1.54) is 51.4 Å². The standard InChI is InChI=1S/C30H43N5O2/c1-5-6-7-8-9-10-11-12-13-17-20-35-33-29(32-34-35)27(25-18-15-14-16-19-25)30(37)31-26-21-22(2)28(36)24(4)23(26)3/h14-16,18-19,21,27,36H,5-13,17,20H2,1-4H3,(H,31,37). The number of hydrogen-bond donors (Lipinski definition) is 2. The smallest absolute Gasteiger partial charge is 0.239 e. The van der Waals surface area contributed by atoms with Gasteiger partial charge < -0.3 is 10.4 Å². The first kappa shape index (κ1) is 28.4. The maximum atomic E-state index is 13.5. The van der Waals surface area contributed by atoms with Gasteiger partial charge in [-0.15, -0.1) is 10.2 Å². The van der Waals surface area contributed by atoms with Crippen molar-refractivity contribution in [3.63, 3.8) is 0 Å². The summed E-state index contributed by atoms with van der Waals surface area (Å²) in [6.45, 7) is 8.52. The minimum absolute atomic E-state index is 0.225. The summed E-state index contributed by atoms with van der Waals surface area (Å²) in [4.78, 5) is 15.2. The Hall–Kier alpha value is -3.22. The van der Waals surface area contributed by atoms with E-state index >= 15 is 0 Å². The van der Waals surface area contributed by atoms with Crippen molar-refractivity contribution in [1.82, 2.24) is 20.2 Å². The van der Waals surface area contributed by atoms with E-state index < -0.39 is 5.92 Å². The lowest BCUT2D eigenvalue weighted by Crippen LogP contribution is -2.24. The molecule has 0 spiro atoms. The Morgan fingerprint density at radius 3 is 2.19 bits per heavy atom. The molecule has 2 N–H and O–H groups in total. The second-order valence-electron chi connectivity index (χ2n) is 10.1. The predicted molar refractivity (Wildman–Crippen MR) is 149 cm³/mol. The maximum absolute atomic E-state index is 13.5. The van der Waals surface area contributed by atoms with Crippen LogP contribution < -0.4 is 5.32 Å². The number of benzene rings is 2. The highest BCUT2D eigenvalue weighted by atomic mass is 16.3. The Morgan fingerprint density at radius 1 is 0.919 bits per heavy atom. The minimum atomic E-state index is -0.684. The van der Waals surface area contributed by atoms with Crippen LogP contribution in [0, 0.1) is 20.8 Å². The van der Waals surface area contributed by atoms with Gasteiger partial charge in [0.15, 0.2) is 5.82 Å². The Balaban J connectivity index is 1.60. The average Bonchev–Trinajstić information content (AvgIpc) is 3.36. The number of aromatic nitrogens is 4. The number of anilines is 1. The first-order valence-electron chi connectivity index (χ1n) is 13.9. The number of unbranched alkanes of at least 4 members (excludes halogenated alkanes) is 9. The number of carbonyl (C=O) groups excluding carboxylic acids is 1. The van der Waals surface area contributed by atoms with Crippen LogP contribution in [0.3, 0.4) is 0 Å². The summed E-state index contributed by atoms with van der Waals surface area (Å²) in [5.74, 6) is -0.263. The number of nitrogens with zero attached hydrogens (tertiary/aromatic N) is 4. The molecule has 3 rings (SSSR count). The van der Waals surface area contributed by atoms with E-state index in [-0.39, 0.29) is 11.7 Å². The van der Waals surface area contributed by atoms with E-state index in [1.807, 2.05) is 51.1 Å². The zero-order valence-electron chi connectivity index (χ0n) is 23.0. The predicted octanol–water partition coefficient (Wildman–Crippen LogP) is 7.00. The molecule has 1 atom stereocenters. The highest BCUT2D eigenvalue weighted by Crippen LogP contribution is 2.32. The van der Waals surface area contributed by atoms with E-state index in [9.17, 15) is 9.90 Å². The third kappa shape index (κ3) is 8.14. The molecule has 0 aliphatic rings. The lowest BCUT2D eigenvalue weighted by atomic mass is 9.96. The molecule has 200 valence electrons. The van der Waals surface area contributed by atoms with E-state index in [1.54, 1.807) is 10.9 Å². The van der Waals surface area contributed by atoms with Gasteiger partial charge in [0, 0.05) is 5.69 Å². The second kappa shape index (κ2) is 14.5. The lowest BCUT2D eigenvalue weighted by Gasteiger charge is -2.18. The Bertz CT molecular complexity index is 1130. The summed E-state index contributed by atoms with van der Waals surface area (Å²) in [7, 11) is 0. The summed E-state index contributed by atoms with van der Waals surface area (Å²) in [6, 6.07) is 11.4. The van der Waals surface area contributed by atoms with Gasteiger partial charge in [-0.3, -0.25) is 4.79 Å². The van der Waals surface area contributed by atoms with Gasteiger partial charge in [-0.1, -0.05) is 95.0 Å². The van der Waals surface area contributed by atoms with Gasteiger partial charge in [0.2, 0.25) is 5.91 Å². The number of aryl methyl sites for hydroxylation is 2. The van der Waals surface area contributed by atoms with Crippen LogP contribution in [0.25, 0.3) is 0 Å². The monoisotopic (exact) mass is 505 g/mol. The van der Waals surface area contributed by atoms with Gasteiger partial charge in [0.05, 0.1) is 6.54 Å². The molecule has 0 bridgehead atoms. The molecule has 0 aliphatic carbocycles. The number of rotatable bonds is 15. The minimum Gasteiger partial charge on any atom is -0.507 e. The Labute approximate surface area is 221 Å². The van der Waals surface area contributed by atoms with Crippen LogP contribution in [-0.2, 0) is 11.3 Å². The number of hydrogen-bond acceptors (Lipinski definition) is 5. The second-order valence-corrected chi connectivity index (χ2v) is 10.1. The number of aromatic hydroxyl groups is 1. The molecule has 2 aromatic carbocycles. The Kier molecular flexibility index (Phi) is 11.1. The van der Waals surface area contributed by atoms with Gasteiger partial charge in [0.1, 0.15) is 11.7 Å². The van der Waals surface area contributed by atoms with Crippen LogP contribution in [0.2, 0.25) is 0 Å². The van der Waals surface area contributed by atoms with Gasteiger partial charge in [-0.05, 0) is 60.7 Å². The molecule has 0 saturated carbocycles. The quantitative estimate of drug-likeness (QED) is 0.171. The van der Waals surface area contributed by atoms with Crippen molar-refractivity contribution in [2.75, 3.05) is 5.32 Å². The van der Waals surface area contributed by atoms with Crippen LogP contribution in [-0.4, -0.2) is 31.2 Å². The molecule has 1 aromatic heterocycles. The third-order valence-corrected chi connectivity index (χ3v) is 7.15. The average molecular weight is 506 g/mol. The number of carbonyl (C=O) groups is 1. The van der Waals surface area contributed by atoms with Crippen LogP contribution in [0.15, 0.2) is 36.4 Å². The van der Waals surface area contributed by atoms with Crippen molar-refractivity contribution >= 4 is 11.6 Å². The number of phenols is 1. The number of phenolic OH excluding ortho intramolecular Hbond substituents is 1. The number of amides is 1. The Morgan fingerprint density at radius 2 is 1.54 bits per heavy atom. The van der Waals surface area contributed by atoms with Gasteiger partial charge in [-0.25, -0.2) is 0 Å². The zero-order valence-corrected chi connectivity index (χ0v) is 23.0. The third-order valence-electron chi connectivity index (χ3n) is 7.15. The van der Waals surface area contributed by atoms with Gasteiger partial charge >= 0.3 is 0 Å². The fourth-order valence-electron chi connectivity index (χ4n) is 4.67. The molecular formula is C30H43N5O2. The van der Waals surface area contributed by atoms with Crippen LogP contribution in [0.1, 0.15) is 105 Å². The summed E-state index contributed by atoms with van der Waals surface area (Å²) in [5.41, 5.74) is 3.79. The summed E-state index contributed by atoms with van der Waals surface area (Å²) >= 11 is 0. The van der Waals surface area contributed by atoms with Gasteiger partial charge in [-0.2, -0.15) is 4.80 Å². The fraction of sp³-hybridized carbons (Fsp3) is 0.533. The maximum Gasteiger partial charge on any atom is 0.239 e. The molecule has 0 fully saturated rings. The highest BCUT2D eigenvalue weighted by Gasteiger charge is 2.28. The van der Waals surface area contributed by atoms with Crippen molar-refractivity contribution in [2.24, 2.45) is 0 Å². The summed E-state index contributed by atoms with van der Waals surface area (Å²) in [6.07, 6.45) is 12.7. The molecule has 7 nitrogen and oxygen atoms in total. The topological polar surface area (TPSA) is 92.9 Å². The molecule has 0 aliphatic heterocycles. The van der Waals surface area contributed by atoms with E-state index in [2.05, 4.69) is 27.7 Å². The molecule has 1 unspecified atom stereocenters. The van der Waals surface area contributed by atoms with Crippen molar-refractivity contribution in [1.29, 1.82) is 0 Å². The van der Waals surface area contributed by atoms with E-state index in [0.717, 1.165) is 35.1 Å². The largest absolute Gasteiger partial charge is 0.507 e. The fourth-order valence-corrected chi connectivity index (χ4v) is 4.67. The van der Waals surface area contributed by atoms with Crippen molar-refractivity contribution in [3.05, 3.63) is 64.5 Å². The lowest BCUT2D eigenvalue weighted by molar-refractivity contribution is -0.116. The first-order valence-corrected chi connectivity index (χ1v) is 13.9. The number of tetrazole rings is 1. The molecule has 1 amide bonds. The molecule has 0 saturated heterocycles. The van der Waals surface area contributed by atoms with Gasteiger partial charge in [0.25, 0.3) is 0 Å². The molecular weight excluding hydrogens is 462 g/mol. The molecule has 7 heteroatoms. The molecule has 37 heavy (non-hydrogen) atoms. The van der Waals surface area contributed by atoms with Crippen molar-refractivity contribution in [3.8, 4) is 5.75 Å². The van der Waals surface area contributed by atoms with Crippen molar-refractivity contribution < 1.29 is 9.90 Å². The van der Waals surface area contributed by atoms with Crippen molar-refractivity contribution in [2.45, 2.75) is 104 Å². The zero-order chi connectivity index (χ0) is 26.6. The van der Waals surface area contributed by atoms with Crippen LogP contribution in [0.4, 0.5) is 5.69 Å².